The second kappa shape index (κ2) is 10.4. The van der Waals surface area contributed by atoms with Crippen molar-refractivity contribution in [2.75, 3.05) is 6.61 Å². The van der Waals surface area contributed by atoms with Crippen molar-refractivity contribution in [1.29, 1.82) is 0 Å². The highest BCUT2D eigenvalue weighted by molar-refractivity contribution is 5.78. The Morgan fingerprint density at radius 1 is 1.11 bits per heavy atom. The van der Waals surface area contributed by atoms with E-state index in [1.54, 1.807) is 6.42 Å². The fourth-order valence-corrected chi connectivity index (χ4v) is 2.58. The number of ether oxygens (including phenoxy) is 1. The quantitative estimate of drug-likeness (QED) is 0.417. The summed E-state index contributed by atoms with van der Waals surface area (Å²) in [7, 11) is 0. The molecule has 0 bridgehead atoms. The van der Waals surface area contributed by atoms with Crippen LogP contribution in [0.5, 0.6) is 0 Å². The molecule has 105 valence electrons. The van der Waals surface area contributed by atoms with Crippen molar-refractivity contribution in [3.8, 4) is 0 Å². The van der Waals surface area contributed by atoms with Crippen LogP contribution in [0.3, 0.4) is 0 Å². The number of unbranched alkanes of at least 4 members (excludes halogenated alkanes) is 6. The van der Waals surface area contributed by atoms with Crippen LogP contribution in [0.25, 0.3) is 0 Å². The minimum Gasteiger partial charge on any atom is -0.465 e. The van der Waals surface area contributed by atoms with Crippen LogP contribution >= 0.6 is 0 Å². The molecule has 1 radical (unpaired) electrons. The minimum absolute atomic E-state index is 0.101. The van der Waals surface area contributed by atoms with E-state index >= 15 is 0 Å². The van der Waals surface area contributed by atoms with Gasteiger partial charge in [0.15, 0.2) is 0 Å². The Morgan fingerprint density at radius 2 is 1.78 bits per heavy atom. The van der Waals surface area contributed by atoms with E-state index in [0.717, 1.165) is 12.8 Å². The standard InChI is InChI=1S/C16H29O2/c1-2-3-4-5-6-7-8-13-16(17)18-14-15-11-9-10-12-15/h13,15H,2-12,14H2,1H3. The predicted molar refractivity (Wildman–Crippen MR) is 75.2 cm³/mol. The topological polar surface area (TPSA) is 26.3 Å². The monoisotopic (exact) mass is 253 g/mol. The van der Waals surface area contributed by atoms with Crippen molar-refractivity contribution in [3.05, 3.63) is 6.42 Å². The fourth-order valence-electron chi connectivity index (χ4n) is 2.58. The van der Waals surface area contributed by atoms with E-state index in [0.29, 0.717) is 12.5 Å². The van der Waals surface area contributed by atoms with E-state index in [-0.39, 0.29) is 5.97 Å². The molecule has 1 rings (SSSR count). The lowest BCUT2D eigenvalue weighted by atomic mass is 10.1. The Hall–Kier alpha value is -0.530. The molecule has 2 nitrogen and oxygen atoms in total. The fraction of sp³-hybridized carbons (Fsp3) is 0.875. The summed E-state index contributed by atoms with van der Waals surface area (Å²) in [5.41, 5.74) is 0. The van der Waals surface area contributed by atoms with Crippen LogP contribution in [-0.4, -0.2) is 12.6 Å². The van der Waals surface area contributed by atoms with Gasteiger partial charge >= 0.3 is 5.97 Å². The Balaban J connectivity index is 1.84. The summed E-state index contributed by atoms with van der Waals surface area (Å²) in [5.74, 6) is 0.534. The molecular weight excluding hydrogens is 224 g/mol. The first kappa shape index (κ1) is 15.5. The van der Waals surface area contributed by atoms with Crippen molar-refractivity contribution in [3.63, 3.8) is 0 Å². The van der Waals surface area contributed by atoms with E-state index in [9.17, 15) is 4.79 Å². The second-order valence-electron chi connectivity index (χ2n) is 5.54. The summed E-state index contributed by atoms with van der Waals surface area (Å²) in [5, 5.41) is 0. The van der Waals surface area contributed by atoms with Crippen LogP contribution in [0.4, 0.5) is 0 Å². The van der Waals surface area contributed by atoms with Crippen LogP contribution in [0.1, 0.15) is 77.6 Å². The van der Waals surface area contributed by atoms with Crippen LogP contribution in [0, 0.1) is 12.3 Å². The van der Waals surface area contributed by atoms with E-state index in [4.69, 9.17) is 4.74 Å². The third kappa shape index (κ3) is 7.73. The molecule has 0 aromatic heterocycles. The molecular formula is C16H29O2. The molecule has 0 atom stereocenters. The van der Waals surface area contributed by atoms with Gasteiger partial charge in [0.05, 0.1) is 13.0 Å². The van der Waals surface area contributed by atoms with Gasteiger partial charge in [-0.25, -0.2) is 0 Å². The first-order valence-corrected chi connectivity index (χ1v) is 7.83. The van der Waals surface area contributed by atoms with Gasteiger partial charge in [-0.2, -0.15) is 0 Å². The summed E-state index contributed by atoms with van der Waals surface area (Å²) in [4.78, 5) is 11.5. The van der Waals surface area contributed by atoms with Crippen LogP contribution in [0.15, 0.2) is 0 Å². The third-order valence-corrected chi connectivity index (χ3v) is 3.80. The van der Waals surface area contributed by atoms with E-state index < -0.39 is 0 Å². The van der Waals surface area contributed by atoms with Crippen molar-refractivity contribution >= 4 is 5.97 Å². The number of hydrogen-bond donors (Lipinski definition) is 0. The van der Waals surface area contributed by atoms with Crippen LogP contribution < -0.4 is 0 Å². The SMILES string of the molecule is CCCCCCCC[CH]C(=O)OCC1CCCC1. The summed E-state index contributed by atoms with van der Waals surface area (Å²) in [6, 6.07) is 0. The van der Waals surface area contributed by atoms with Gasteiger partial charge in [0.1, 0.15) is 0 Å². The molecule has 1 aliphatic carbocycles. The maximum atomic E-state index is 11.5. The number of carbonyl (C=O) groups excluding carboxylic acids is 1. The first-order valence-electron chi connectivity index (χ1n) is 7.83. The van der Waals surface area contributed by atoms with Gasteiger partial charge in [-0.05, 0) is 25.2 Å². The maximum Gasteiger partial charge on any atom is 0.309 e. The van der Waals surface area contributed by atoms with Crippen LogP contribution in [-0.2, 0) is 9.53 Å². The normalized spacial score (nSPS) is 16.1. The van der Waals surface area contributed by atoms with Gasteiger partial charge in [-0.15, -0.1) is 0 Å². The molecule has 18 heavy (non-hydrogen) atoms. The molecule has 0 heterocycles. The number of rotatable bonds is 10. The number of carbonyl (C=O) groups is 1. The smallest absolute Gasteiger partial charge is 0.309 e. The first-order chi connectivity index (χ1) is 8.83. The summed E-state index contributed by atoms with van der Waals surface area (Å²) in [6.45, 7) is 2.87. The Bertz CT molecular complexity index is 207. The molecule has 0 aromatic carbocycles. The van der Waals surface area contributed by atoms with Gasteiger partial charge in [-0.1, -0.05) is 58.3 Å². The zero-order valence-corrected chi connectivity index (χ0v) is 12.0. The predicted octanol–water partition coefficient (Wildman–Crippen LogP) is 4.67. The average molecular weight is 253 g/mol. The van der Waals surface area contributed by atoms with Gasteiger partial charge in [-0.3, -0.25) is 4.79 Å². The van der Waals surface area contributed by atoms with Crippen molar-refractivity contribution in [1.82, 2.24) is 0 Å². The molecule has 0 amide bonds. The van der Waals surface area contributed by atoms with Gasteiger partial charge in [0, 0.05) is 0 Å². The van der Waals surface area contributed by atoms with E-state index in [1.807, 2.05) is 0 Å². The molecule has 1 saturated carbocycles. The van der Waals surface area contributed by atoms with Crippen molar-refractivity contribution in [2.45, 2.75) is 77.6 Å². The molecule has 0 aliphatic heterocycles. The molecule has 0 unspecified atom stereocenters. The molecule has 0 spiro atoms. The van der Waals surface area contributed by atoms with Crippen molar-refractivity contribution in [2.24, 2.45) is 5.92 Å². The Labute approximate surface area is 112 Å². The summed E-state index contributed by atoms with van der Waals surface area (Å²) < 4.78 is 5.28. The number of esters is 1. The average Bonchev–Trinajstić information content (AvgIpc) is 2.88. The molecule has 0 saturated heterocycles. The molecule has 0 N–H and O–H groups in total. The maximum absolute atomic E-state index is 11.5. The third-order valence-electron chi connectivity index (χ3n) is 3.80. The highest BCUT2D eigenvalue weighted by Gasteiger charge is 2.16. The van der Waals surface area contributed by atoms with E-state index in [1.165, 1.54) is 57.8 Å². The highest BCUT2D eigenvalue weighted by atomic mass is 16.5. The summed E-state index contributed by atoms with van der Waals surface area (Å²) >= 11 is 0. The lowest BCUT2D eigenvalue weighted by Gasteiger charge is -2.09. The van der Waals surface area contributed by atoms with Gasteiger partial charge in [0.2, 0.25) is 0 Å². The molecule has 0 aromatic rings. The second-order valence-corrected chi connectivity index (χ2v) is 5.54. The Kier molecular flexibility index (Phi) is 8.97. The molecule has 1 aliphatic rings. The molecule has 2 heteroatoms. The zero-order valence-electron chi connectivity index (χ0n) is 12.0. The zero-order chi connectivity index (χ0) is 13.1. The van der Waals surface area contributed by atoms with Gasteiger partial charge in [0.25, 0.3) is 0 Å². The van der Waals surface area contributed by atoms with E-state index in [2.05, 4.69) is 6.92 Å². The lowest BCUT2D eigenvalue weighted by molar-refractivity contribution is -0.141. The highest BCUT2D eigenvalue weighted by Crippen LogP contribution is 2.24. The van der Waals surface area contributed by atoms with Crippen molar-refractivity contribution < 1.29 is 9.53 Å². The Morgan fingerprint density at radius 3 is 2.50 bits per heavy atom. The summed E-state index contributed by atoms with van der Waals surface area (Å²) in [6.07, 6.45) is 15.4. The largest absolute Gasteiger partial charge is 0.465 e. The van der Waals surface area contributed by atoms with Crippen LogP contribution in [0.2, 0.25) is 0 Å². The minimum atomic E-state index is -0.101. The molecule has 1 fully saturated rings. The van der Waals surface area contributed by atoms with Gasteiger partial charge < -0.3 is 4.74 Å². The number of hydrogen-bond acceptors (Lipinski definition) is 2. The lowest BCUT2D eigenvalue weighted by Crippen LogP contribution is -2.12.